The fraction of sp³-hybridized carbons (Fsp3) is 0.185. The normalized spacial score (nSPS) is 15.1. The van der Waals surface area contributed by atoms with Gasteiger partial charge < -0.3 is 10.6 Å². The van der Waals surface area contributed by atoms with Crippen LogP contribution < -0.4 is 14.9 Å². The highest BCUT2D eigenvalue weighted by Gasteiger charge is 2.33. The molecule has 0 aromatic heterocycles. The standard InChI is InChI=1S/C27H27N3O4S/c1-2-26(31)29-24-17-19-30(25-11-7-6-10-23(24)25)35(33,34)22-14-12-21(13-15-22)27(32)28-18-16-20-8-4-3-5-9-20/h2-15,24H,1,16-19H2,(H,28,32)(H,29,31). The number of para-hydroxylation sites is 1. The smallest absolute Gasteiger partial charge is 0.264 e. The molecule has 0 saturated carbocycles. The second kappa shape index (κ2) is 10.6. The molecule has 3 aromatic carbocycles. The minimum Gasteiger partial charge on any atom is -0.352 e. The molecule has 1 heterocycles. The lowest BCUT2D eigenvalue weighted by atomic mass is 9.98. The Kier molecular flexibility index (Phi) is 7.31. The van der Waals surface area contributed by atoms with Crippen molar-refractivity contribution < 1.29 is 18.0 Å². The number of nitrogens with one attached hydrogen (secondary N) is 2. The van der Waals surface area contributed by atoms with Crippen molar-refractivity contribution >= 4 is 27.5 Å². The largest absolute Gasteiger partial charge is 0.352 e. The van der Waals surface area contributed by atoms with Crippen molar-refractivity contribution in [3.63, 3.8) is 0 Å². The summed E-state index contributed by atoms with van der Waals surface area (Å²) in [7, 11) is -3.86. The van der Waals surface area contributed by atoms with Crippen LogP contribution in [0.25, 0.3) is 0 Å². The molecule has 3 aromatic rings. The van der Waals surface area contributed by atoms with Crippen LogP contribution in [-0.2, 0) is 21.2 Å². The Hall–Kier alpha value is -3.91. The number of carbonyl (C=O) groups is 2. The molecule has 0 bridgehead atoms. The molecule has 2 N–H and O–H groups in total. The number of rotatable bonds is 8. The maximum absolute atomic E-state index is 13.5. The van der Waals surface area contributed by atoms with E-state index in [1.165, 1.54) is 34.6 Å². The van der Waals surface area contributed by atoms with Gasteiger partial charge in [0.2, 0.25) is 5.91 Å². The van der Waals surface area contributed by atoms with Gasteiger partial charge >= 0.3 is 0 Å². The molecule has 0 radical (unpaired) electrons. The van der Waals surface area contributed by atoms with Crippen LogP contribution in [-0.4, -0.2) is 33.3 Å². The molecule has 2 amide bonds. The van der Waals surface area contributed by atoms with Crippen molar-refractivity contribution in [1.29, 1.82) is 0 Å². The van der Waals surface area contributed by atoms with Gasteiger partial charge in [0.1, 0.15) is 0 Å². The molecule has 0 saturated heterocycles. The Balaban J connectivity index is 1.47. The molecule has 4 rings (SSSR count). The first-order valence-electron chi connectivity index (χ1n) is 11.4. The Labute approximate surface area is 205 Å². The third-order valence-corrected chi connectivity index (χ3v) is 7.78. The summed E-state index contributed by atoms with van der Waals surface area (Å²) in [5, 5.41) is 5.73. The maximum Gasteiger partial charge on any atom is 0.264 e. The zero-order chi connectivity index (χ0) is 24.8. The van der Waals surface area contributed by atoms with E-state index >= 15 is 0 Å². The lowest BCUT2D eigenvalue weighted by molar-refractivity contribution is -0.117. The summed E-state index contributed by atoms with van der Waals surface area (Å²) in [6, 6.07) is 22.6. The van der Waals surface area contributed by atoms with Gasteiger partial charge in [-0.2, -0.15) is 0 Å². The fourth-order valence-electron chi connectivity index (χ4n) is 4.13. The van der Waals surface area contributed by atoms with E-state index in [1.807, 2.05) is 42.5 Å². The van der Waals surface area contributed by atoms with E-state index in [0.29, 0.717) is 30.6 Å². The highest BCUT2D eigenvalue weighted by Crippen LogP contribution is 2.37. The number of hydrogen-bond donors (Lipinski definition) is 2. The van der Waals surface area contributed by atoms with Gasteiger partial charge in [-0.25, -0.2) is 8.42 Å². The lowest BCUT2D eigenvalue weighted by Gasteiger charge is -2.35. The van der Waals surface area contributed by atoms with Crippen molar-refractivity contribution in [2.75, 3.05) is 17.4 Å². The minimum atomic E-state index is -3.86. The topological polar surface area (TPSA) is 95.6 Å². The molecular formula is C27H27N3O4S. The summed E-state index contributed by atoms with van der Waals surface area (Å²) in [5.41, 5.74) is 2.77. The van der Waals surface area contributed by atoms with Gasteiger partial charge in [0.15, 0.2) is 0 Å². The summed E-state index contributed by atoms with van der Waals surface area (Å²) in [4.78, 5) is 24.4. The number of fused-ring (bicyclic) bond motifs is 1. The Bertz CT molecular complexity index is 1320. The summed E-state index contributed by atoms with van der Waals surface area (Å²) in [6.07, 6.45) is 2.34. The second-order valence-electron chi connectivity index (χ2n) is 8.21. The first kappa shape index (κ1) is 24.2. The van der Waals surface area contributed by atoms with Crippen molar-refractivity contribution in [3.05, 3.63) is 108 Å². The Morgan fingerprint density at radius 2 is 1.66 bits per heavy atom. The third kappa shape index (κ3) is 5.44. The van der Waals surface area contributed by atoms with Crippen molar-refractivity contribution in [2.24, 2.45) is 0 Å². The van der Waals surface area contributed by atoms with Gasteiger partial charge in [-0.3, -0.25) is 13.9 Å². The van der Waals surface area contributed by atoms with Gasteiger partial charge in [0.05, 0.1) is 16.6 Å². The SMILES string of the molecule is C=CC(=O)NC1CCN(S(=O)(=O)c2ccc(C(=O)NCCc3ccccc3)cc2)c2ccccc21. The molecule has 1 atom stereocenters. The summed E-state index contributed by atoms with van der Waals surface area (Å²) in [6.45, 7) is 4.17. The number of hydrogen-bond acceptors (Lipinski definition) is 4. The summed E-state index contributed by atoms with van der Waals surface area (Å²) < 4.78 is 28.3. The number of nitrogens with zero attached hydrogens (tertiary/aromatic N) is 1. The van der Waals surface area contributed by atoms with Crippen LogP contribution in [0, 0.1) is 0 Å². The predicted octanol–water partition coefficient (Wildman–Crippen LogP) is 3.60. The molecule has 0 aliphatic carbocycles. The zero-order valence-corrected chi connectivity index (χ0v) is 20.0. The quantitative estimate of drug-likeness (QED) is 0.473. The number of amides is 2. The highest BCUT2D eigenvalue weighted by molar-refractivity contribution is 7.92. The molecular weight excluding hydrogens is 462 g/mol. The minimum absolute atomic E-state index is 0.0988. The van der Waals surface area contributed by atoms with Crippen molar-refractivity contribution in [2.45, 2.75) is 23.8 Å². The molecule has 0 fully saturated rings. The van der Waals surface area contributed by atoms with Gasteiger partial charge in [-0.05, 0) is 60.4 Å². The number of carbonyl (C=O) groups excluding carboxylic acids is 2. The van der Waals surface area contributed by atoms with Crippen LogP contribution in [0.1, 0.15) is 33.9 Å². The molecule has 7 nitrogen and oxygen atoms in total. The van der Waals surface area contributed by atoms with Crippen LogP contribution in [0.5, 0.6) is 0 Å². The first-order chi connectivity index (χ1) is 16.9. The number of benzene rings is 3. The molecule has 35 heavy (non-hydrogen) atoms. The summed E-state index contributed by atoms with van der Waals surface area (Å²) >= 11 is 0. The van der Waals surface area contributed by atoms with Gasteiger partial charge in [-0.15, -0.1) is 0 Å². The predicted molar refractivity (Wildman–Crippen MR) is 136 cm³/mol. The van der Waals surface area contributed by atoms with Crippen molar-refractivity contribution in [3.8, 4) is 0 Å². The average Bonchev–Trinajstić information content (AvgIpc) is 2.89. The Morgan fingerprint density at radius 1 is 0.971 bits per heavy atom. The molecule has 180 valence electrons. The average molecular weight is 490 g/mol. The monoisotopic (exact) mass is 489 g/mol. The molecule has 1 aliphatic rings. The van der Waals surface area contributed by atoms with E-state index in [2.05, 4.69) is 17.2 Å². The highest BCUT2D eigenvalue weighted by atomic mass is 32.2. The van der Waals surface area contributed by atoms with Crippen LogP contribution in [0.15, 0.2) is 96.4 Å². The first-order valence-corrected chi connectivity index (χ1v) is 12.8. The Morgan fingerprint density at radius 3 is 2.37 bits per heavy atom. The van der Waals surface area contributed by atoms with E-state index in [-0.39, 0.29) is 29.3 Å². The van der Waals surface area contributed by atoms with Crippen LogP contribution >= 0.6 is 0 Å². The molecule has 1 unspecified atom stereocenters. The third-order valence-electron chi connectivity index (χ3n) is 5.95. The molecule has 8 heteroatoms. The molecule has 1 aliphatic heterocycles. The van der Waals surface area contributed by atoms with E-state index in [1.54, 1.807) is 12.1 Å². The lowest BCUT2D eigenvalue weighted by Crippen LogP contribution is -2.40. The van der Waals surface area contributed by atoms with E-state index < -0.39 is 10.0 Å². The number of sulfonamides is 1. The van der Waals surface area contributed by atoms with Crippen LogP contribution in [0.2, 0.25) is 0 Å². The molecule has 0 spiro atoms. The summed E-state index contributed by atoms with van der Waals surface area (Å²) in [5.74, 6) is -0.562. The zero-order valence-electron chi connectivity index (χ0n) is 19.2. The van der Waals surface area contributed by atoms with Gasteiger partial charge in [0.25, 0.3) is 15.9 Å². The van der Waals surface area contributed by atoms with Gasteiger partial charge in [0, 0.05) is 18.7 Å². The maximum atomic E-state index is 13.5. The van der Waals surface area contributed by atoms with Crippen LogP contribution in [0.3, 0.4) is 0 Å². The number of anilines is 1. The fourth-order valence-corrected chi connectivity index (χ4v) is 5.64. The van der Waals surface area contributed by atoms with Crippen LogP contribution in [0.4, 0.5) is 5.69 Å². The van der Waals surface area contributed by atoms with Crippen molar-refractivity contribution in [1.82, 2.24) is 10.6 Å². The second-order valence-corrected chi connectivity index (χ2v) is 10.1. The van der Waals surface area contributed by atoms with E-state index in [0.717, 1.165) is 11.1 Å². The van der Waals surface area contributed by atoms with E-state index in [4.69, 9.17) is 0 Å². The van der Waals surface area contributed by atoms with E-state index in [9.17, 15) is 18.0 Å². The van der Waals surface area contributed by atoms with Gasteiger partial charge in [-0.1, -0.05) is 55.1 Å².